The Morgan fingerprint density at radius 3 is 2.47 bits per heavy atom. The minimum Gasteiger partial charge on any atom is -0.406 e. The van der Waals surface area contributed by atoms with Gasteiger partial charge in [0.05, 0.1) is 11.4 Å². The van der Waals surface area contributed by atoms with Gasteiger partial charge in [-0.2, -0.15) is 4.98 Å². The minimum atomic E-state index is -4.83. The molecule has 0 atom stereocenters. The van der Waals surface area contributed by atoms with Crippen LogP contribution in [0.2, 0.25) is 0 Å². The molecule has 1 fully saturated rings. The number of nitrogens with one attached hydrogen (secondary N) is 2. The average molecular weight is 422 g/mol. The van der Waals surface area contributed by atoms with Crippen LogP contribution in [-0.2, 0) is 0 Å². The topological polar surface area (TPSA) is 59.1 Å². The number of hydrogen-bond donors (Lipinski definition) is 2. The number of aromatic nitrogens is 2. The van der Waals surface area contributed by atoms with Gasteiger partial charge >= 0.3 is 6.36 Å². The molecule has 1 saturated carbocycles. The first-order valence-electron chi connectivity index (χ1n) is 9.00. The smallest absolute Gasteiger partial charge is 0.406 e. The number of alkyl halides is 3. The monoisotopic (exact) mass is 422 g/mol. The van der Waals surface area contributed by atoms with E-state index in [0.717, 1.165) is 18.9 Å². The first kappa shape index (κ1) is 19.9. The summed E-state index contributed by atoms with van der Waals surface area (Å²) >= 11 is 0. The van der Waals surface area contributed by atoms with Gasteiger partial charge in [0.25, 0.3) is 0 Å². The Bertz CT molecular complexity index is 1070. The van der Waals surface area contributed by atoms with E-state index in [4.69, 9.17) is 0 Å². The van der Waals surface area contributed by atoms with Crippen molar-refractivity contribution in [2.24, 2.45) is 0 Å². The van der Waals surface area contributed by atoms with Crippen LogP contribution in [0, 0.1) is 11.6 Å². The first-order valence-corrected chi connectivity index (χ1v) is 9.00. The number of nitrogens with zero attached hydrogens (tertiary/aromatic N) is 2. The Kier molecular flexibility index (Phi) is 5.15. The highest BCUT2D eigenvalue weighted by atomic mass is 19.4. The zero-order valence-corrected chi connectivity index (χ0v) is 15.3. The number of ether oxygens (including phenoxy) is 1. The van der Waals surface area contributed by atoms with E-state index in [0.29, 0.717) is 5.56 Å². The molecule has 0 amide bonds. The number of anilines is 3. The van der Waals surface area contributed by atoms with E-state index in [1.165, 1.54) is 36.4 Å². The van der Waals surface area contributed by atoms with Gasteiger partial charge in [-0.1, -0.05) is 18.2 Å². The van der Waals surface area contributed by atoms with E-state index in [1.54, 1.807) is 6.07 Å². The fraction of sp³-hybridized carbons (Fsp3) is 0.200. The van der Waals surface area contributed by atoms with Crippen LogP contribution in [0.1, 0.15) is 12.8 Å². The summed E-state index contributed by atoms with van der Waals surface area (Å²) in [5, 5.41) is 5.78. The van der Waals surface area contributed by atoms with Crippen molar-refractivity contribution in [3.8, 4) is 17.0 Å². The lowest BCUT2D eigenvalue weighted by molar-refractivity contribution is -0.274. The second kappa shape index (κ2) is 7.77. The van der Waals surface area contributed by atoms with E-state index < -0.39 is 23.7 Å². The lowest BCUT2D eigenvalue weighted by atomic mass is 10.1. The van der Waals surface area contributed by atoms with Gasteiger partial charge in [0.15, 0.2) is 11.6 Å². The predicted octanol–water partition coefficient (Wildman–Crippen LogP) is 5.64. The summed E-state index contributed by atoms with van der Waals surface area (Å²) in [7, 11) is 0. The maximum Gasteiger partial charge on any atom is 0.573 e. The van der Waals surface area contributed by atoms with Gasteiger partial charge in [0, 0.05) is 17.7 Å². The normalized spacial score (nSPS) is 13.8. The van der Waals surface area contributed by atoms with Crippen LogP contribution in [0.25, 0.3) is 11.3 Å². The van der Waals surface area contributed by atoms with Crippen molar-refractivity contribution < 1.29 is 26.7 Å². The Morgan fingerprint density at radius 2 is 1.73 bits per heavy atom. The molecule has 156 valence electrons. The van der Waals surface area contributed by atoms with Crippen molar-refractivity contribution in [3.63, 3.8) is 0 Å². The van der Waals surface area contributed by atoms with Gasteiger partial charge in [-0.25, -0.2) is 13.8 Å². The number of rotatable bonds is 6. The van der Waals surface area contributed by atoms with Gasteiger partial charge in [-0.15, -0.1) is 13.2 Å². The van der Waals surface area contributed by atoms with Crippen LogP contribution in [0.5, 0.6) is 5.75 Å². The SMILES string of the molecule is Fc1cccc(Nc2cc(-c3cccc(OC(F)(F)F)c3)nc(NC3CC3)n2)c1F. The van der Waals surface area contributed by atoms with E-state index in [2.05, 4.69) is 25.3 Å². The third kappa shape index (κ3) is 4.94. The van der Waals surface area contributed by atoms with Crippen molar-refractivity contribution in [2.75, 3.05) is 10.6 Å². The van der Waals surface area contributed by atoms with Gasteiger partial charge in [-0.05, 0) is 37.1 Å². The third-order valence-electron chi connectivity index (χ3n) is 4.21. The lowest BCUT2D eigenvalue weighted by Gasteiger charge is -2.13. The average Bonchev–Trinajstić information content (AvgIpc) is 3.48. The molecule has 2 N–H and O–H groups in total. The van der Waals surface area contributed by atoms with E-state index in [1.807, 2.05) is 0 Å². The van der Waals surface area contributed by atoms with Crippen LogP contribution in [0.15, 0.2) is 48.5 Å². The molecule has 2 aromatic carbocycles. The van der Waals surface area contributed by atoms with Crippen molar-refractivity contribution in [1.82, 2.24) is 9.97 Å². The van der Waals surface area contributed by atoms with Crippen LogP contribution in [-0.4, -0.2) is 22.4 Å². The fourth-order valence-electron chi connectivity index (χ4n) is 2.72. The highest BCUT2D eigenvalue weighted by molar-refractivity contribution is 5.68. The van der Waals surface area contributed by atoms with Gasteiger partial charge in [-0.3, -0.25) is 0 Å². The molecule has 30 heavy (non-hydrogen) atoms. The quantitative estimate of drug-likeness (QED) is 0.504. The van der Waals surface area contributed by atoms with Crippen LogP contribution in [0.3, 0.4) is 0 Å². The van der Waals surface area contributed by atoms with Crippen molar-refractivity contribution in [1.29, 1.82) is 0 Å². The molecule has 0 aliphatic heterocycles. The minimum absolute atomic E-state index is 0.133. The molecular weight excluding hydrogens is 407 g/mol. The maximum atomic E-state index is 14.0. The van der Waals surface area contributed by atoms with E-state index in [-0.39, 0.29) is 29.2 Å². The second-order valence-electron chi connectivity index (χ2n) is 6.68. The highest BCUT2D eigenvalue weighted by Gasteiger charge is 2.31. The fourth-order valence-corrected chi connectivity index (χ4v) is 2.72. The number of hydrogen-bond acceptors (Lipinski definition) is 5. The molecule has 0 spiro atoms. The molecule has 5 nitrogen and oxygen atoms in total. The molecule has 0 unspecified atom stereocenters. The summed E-state index contributed by atoms with van der Waals surface area (Å²) in [6, 6.07) is 10.6. The highest BCUT2D eigenvalue weighted by Crippen LogP contribution is 2.31. The summed E-state index contributed by atoms with van der Waals surface area (Å²) < 4.78 is 69.1. The second-order valence-corrected chi connectivity index (χ2v) is 6.68. The zero-order chi connectivity index (χ0) is 21.3. The van der Waals surface area contributed by atoms with Crippen LogP contribution in [0.4, 0.5) is 39.4 Å². The molecule has 4 rings (SSSR count). The number of halogens is 5. The Labute approximate surface area is 167 Å². The summed E-state index contributed by atoms with van der Waals surface area (Å²) in [6.45, 7) is 0. The molecule has 3 aromatic rings. The standard InChI is InChI=1S/C20H15F5N4O/c21-14-5-2-6-15(18(14)22)27-17-10-16(28-19(29-17)26-12-7-8-12)11-3-1-4-13(9-11)30-20(23,24)25/h1-6,9-10,12H,7-8H2,(H2,26,27,28,29). The summed E-state index contributed by atoms with van der Waals surface area (Å²) in [6.07, 6.45) is -2.96. The van der Waals surface area contributed by atoms with Crippen LogP contribution < -0.4 is 15.4 Å². The molecule has 0 bridgehead atoms. The Hall–Kier alpha value is -3.43. The Balaban J connectivity index is 1.70. The lowest BCUT2D eigenvalue weighted by Crippen LogP contribution is -2.17. The molecule has 1 aromatic heterocycles. The molecule has 0 saturated heterocycles. The third-order valence-corrected chi connectivity index (χ3v) is 4.21. The van der Waals surface area contributed by atoms with Crippen molar-refractivity contribution in [3.05, 3.63) is 60.2 Å². The summed E-state index contributed by atoms with van der Waals surface area (Å²) in [5.74, 6) is -2.13. The molecule has 10 heteroatoms. The van der Waals surface area contributed by atoms with Gasteiger partial charge in [0.2, 0.25) is 5.95 Å². The molecule has 1 aliphatic rings. The summed E-state index contributed by atoms with van der Waals surface area (Å²) in [4.78, 5) is 8.59. The van der Waals surface area contributed by atoms with Crippen molar-refractivity contribution >= 4 is 17.5 Å². The van der Waals surface area contributed by atoms with E-state index in [9.17, 15) is 22.0 Å². The largest absolute Gasteiger partial charge is 0.573 e. The van der Waals surface area contributed by atoms with Gasteiger partial charge in [0.1, 0.15) is 11.6 Å². The maximum absolute atomic E-state index is 14.0. The van der Waals surface area contributed by atoms with Crippen LogP contribution >= 0.6 is 0 Å². The first-order chi connectivity index (χ1) is 14.3. The van der Waals surface area contributed by atoms with Crippen molar-refractivity contribution in [2.45, 2.75) is 25.2 Å². The summed E-state index contributed by atoms with van der Waals surface area (Å²) in [5.41, 5.74) is 0.479. The zero-order valence-electron chi connectivity index (χ0n) is 15.3. The van der Waals surface area contributed by atoms with Gasteiger partial charge < -0.3 is 15.4 Å². The number of benzene rings is 2. The molecular formula is C20H15F5N4O. The predicted molar refractivity (Wildman–Crippen MR) is 100 cm³/mol. The molecule has 0 radical (unpaired) electrons. The Morgan fingerprint density at radius 1 is 0.967 bits per heavy atom. The molecule has 1 aliphatic carbocycles. The molecule has 1 heterocycles. The van der Waals surface area contributed by atoms with E-state index >= 15 is 0 Å².